The summed E-state index contributed by atoms with van der Waals surface area (Å²) in [6, 6.07) is 12.2. The van der Waals surface area contributed by atoms with E-state index in [0.717, 1.165) is 10.5 Å². The lowest BCUT2D eigenvalue weighted by molar-refractivity contribution is -0.383. The van der Waals surface area contributed by atoms with Crippen LogP contribution in [0.5, 0.6) is 0 Å². The Balaban J connectivity index is 2.10. The Hall–Kier alpha value is -2.34. The summed E-state index contributed by atoms with van der Waals surface area (Å²) in [6.45, 7) is 5.81. The Morgan fingerprint density at radius 3 is 2.57 bits per heavy atom. The summed E-state index contributed by atoms with van der Waals surface area (Å²) in [5.74, 6) is -0.260. The third-order valence-electron chi connectivity index (χ3n) is 3.36. The van der Waals surface area contributed by atoms with Crippen LogP contribution in [-0.2, 0) is 4.79 Å². The van der Waals surface area contributed by atoms with Gasteiger partial charge in [0.05, 0.1) is 10.2 Å². The summed E-state index contributed by atoms with van der Waals surface area (Å²) in [4.78, 5) is 23.8. The summed E-state index contributed by atoms with van der Waals surface area (Å²) in [6.07, 6.45) is 0. The summed E-state index contributed by atoms with van der Waals surface area (Å²) in [5, 5.41) is 13.3. The highest BCUT2D eigenvalue weighted by Crippen LogP contribution is 2.29. The second kappa shape index (κ2) is 7.28. The second-order valence-electron chi connectivity index (χ2n) is 5.29. The van der Waals surface area contributed by atoms with Crippen LogP contribution in [0.15, 0.2) is 47.4 Å². The van der Waals surface area contributed by atoms with Gasteiger partial charge < -0.3 is 5.32 Å². The number of nitro groups is 1. The van der Waals surface area contributed by atoms with Crippen LogP contribution in [0.2, 0.25) is 0 Å². The Morgan fingerprint density at radius 2 is 1.91 bits per heavy atom. The minimum atomic E-state index is -0.502. The van der Waals surface area contributed by atoms with E-state index in [4.69, 9.17) is 0 Å². The van der Waals surface area contributed by atoms with Crippen LogP contribution in [0.25, 0.3) is 0 Å². The van der Waals surface area contributed by atoms with Crippen molar-refractivity contribution >= 4 is 29.0 Å². The number of benzene rings is 2. The van der Waals surface area contributed by atoms with Crippen molar-refractivity contribution in [2.75, 3.05) is 5.32 Å². The average Bonchev–Trinajstić information content (AvgIpc) is 2.50. The smallest absolute Gasteiger partial charge is 0.292 e. The van der Waals surface area contributed by atoms with Gasteiger partial charge in [-0.1, -0.05) is 29.8 Å². The molecule has 0 aliphatic rings. The highest BCUT2D eigenvalue weighted by molar-refractivity contribution is 8.00. The van der Waals surface area contributed by atoms with Gasteiger partial charge in [0.15, 0.2) is 0 Å². The van der Waals surface area contributed by atoms with Crippen molar-refractivity contribution in [2.45, 2.75) is 30.9 Å². The lowest BCUT2D eigenvalue weighted by Gasteiger charge is -2.14. The quantitative estimate of drug-likeness (QED) is 0.503. The number of nitrogens with one attached hydrogen (secondary N) is 1. The van der Waals surface area contributed by atoms with E-state index in [-0.39, 0.29) is 22.5 Å². The standard InChI is InChI=1S/C17H18N2O3S/c1-11-8-9-16(12(2)10-11)23-13(3)17(20)18-14-6-4-5-7-15(14)19(21)22/h4-10,13H,1-3H3,(H,18,20). The molecule has 0 saturated carbocycles. The minimum absolute atomic E-state index is 0.107. The minimum Gasteiger partial charge on any atom is -0.319 e. The Labute approximate surface area is 139 Å². The number of amides is 1. The fourth-order valence-electron chi connectivity index (χ4n) is 2.15. The molecule has 1 N–H and O–H groups in total. The van der Waals surface area contributed by atoms with Crippen molar-refractivity contribution in [2.24, 2.45) is 0 Å². The first kappa shape index (κ1) is 17.0. The first-order valence-corrected chi connectivity index (χ1v) is 8.04. The molecule has 0 saturated heterocycles. The maximum absolute atomic E-state index is 12.3. The molecular weight excluding hydrogens is 312 g/mol. The van der Waals surface area contributed by atoms with E-state index in [1.165, 1.54) is 29.5 Å². The largest absolute Gasteiger partial charge is 0.319 e. The van der Waals surface area contributed by atoms with E-state index < -0.39 is 4.92 Å². The van der Waals surface area contributed by atoms with Gasteiger partial charge in [-0.3, -0.25) is 14.9 Å². The summed E-state index contributed by atoms with van der Waals surface area (Å²) >= 11 is 1.44. The second-order valence-corrected chi connectivity index (χ2v) is 6.68. The van der Waals surface area contributed by atoms with Crippen molar-refractivity contribution in [1.29, 1.82) is 0 Å². The molecule has 5 nitrogen and oxygen atoms in total. The summed E-state index contributed by atoms with van der Waals surface area (Å²) in [5.41, 5.74) is 2.39. The molecule has 6 heteroatoms. The zero-order valence-corrected chi connectivity index (χ0v) is 14.0. The predicted molar refractivity (Wildman–Crippen MR) is 93.0 cm³/mol. The van der Waals surface area contributed by atoms with Crippen molar-refractivity contribution in [1.82, 2.24) is 0 Å². The summed E-state index contributed by atoms with van der Waals surface area (Å²) in [7, 11) is 0. The third-order valence-corrected chi connectivity index (χ3v) is 4.64. The highest BCUT2D eigenvalue weighted by atomic mass is 32.2. The van der Waals surface area contributed by atoms with Gasteiger partial charge in [-0.05, 0) is 38.5 Å². The Bertz CT molecular complexity index is 746. The molecule has 1 unspecified atom stereocenters. The normalized spacial score (nSPS) is 11.8. The molecule has 0 fully saturated rings. The van der Waals surface area contributed by atoms with Crippen LogP contribution < -0.4 is 5.32 Å². The topological polar surface area (TPSA) is 72.2 Å². The molecule has 0 aromatic heterocycles. The van der Waals surface area contributed by atoms with Crippen molar-refractivity contribution in [3.8, 4) is 0 Å². The number of rotatable bonds is 5. The number of carbonyl (C=O) groups is 1. The van der Waals surface area contributed by atoms with Crippen molar-refractivity contribution < 1.29 is 9.72 Å². The van der Waals surface area contributed by atoms with Crippen LogP contribution >= 0.6 is 11.8 Å². The number of hydrogen-bond donors (Lipinski definition) is 1. The SMILES string of the molecule is Cc1ccc(SC(C)C(=O)Nc2ccccc2[N+](=O)[O-])c(C)c1. The molecule has 0 spiro atoms. The van der Waals surface area contributed by atoms with E-state index in [9.17, 15) is 14.9 Å². The van der Waals surface area contributed by atoms with Gasteiger partial charge in [-0.25, -0.2) is 0 Å². The van der Waals surface area contributed by atoms with Gasteiger partial charge in [0.1, 0.15) is 5.69 Å². The van der Waals surface area contributed by atoms with Crippen LogP contribution in [0, 0.1) is 24.0 Å². The molecule has 0 radical (unpaired) electrons. The van der Waals surface area contributed by atoms with Gasteiger partial charge in [0.25, 0.3) is 5.69 Å². The molecular formula is C17H18N2O3S. The third kappa shape index (κ3) is 4.32. The molecule has 2 rings (SSSR count). The number of thioether (sulfide) groups is 1. The van der Waals surface area contributed by atoms with E-state index >= 15 is 0 Å². The molecule has 0 bridgehead atoms. The van der Waals surface area contributed by atoms with Gasteiger partial charge in [0, 0.05) is 11.0 Å². The Morgan fingerprint density at radius 1 is 1.22 bits per heavy atom. The number of nitro benzene ring substituents is 1. The van der Waals surface area contributed by atoms with Crippen molar-refractivity contribution in [3.05, 3.63) is 63.7 Å². The fourth-order valence-corrected chi connectivity index (χ4v) is 3.09. The van der Waals surface area contributed by atoms with E-state index in [1.807, 2.05) is 26.0 Å². The Kier molecular flexibility index (Phi) is 5.39. The maximum Gasteiger partial charge on any atom is 0.292 e. The molecule has 23 heavy (non-hydrogen) atoms. The monoisotopic (exact) mass is 330 g/mol. The summed E-state index contributed by atoms with van der Waals surface area (Å²) < 4.78 is 0. The van der Waals surface area contributed by atoms with Gasteiger partial charge in [0.2, 0.25) is 5.91 Å². The number of carbonyl (C=O) groups excluding carboxylic acids is 1. The lowest BCUT2D eigenvalue weighted by Crippen LogP contribution is -2.23. The van der Waals surface area contributed by atoms with E-state index in [1.54, 1.807) is 19.1 Å². The van der Waals surface area contributed by atoms with Crippen molar-refractivity contribution in [3.63, 3.8) is 0 Å². The van der Waals surface area contributed by atoms with E-state index in [0.29, 0.717) is 0 Å². The van der Waals surface area contributed by atoms with Gasteiger partial charge in [-0.2, -0.15) is 0 Å². The van der Waals surface area contributed by atoms with Crippen LogP contribution in [-0.4, -0.2) is 16.1 Å². The van der Waals surface area contributed by atoms with E-state index in [2.05, 4.69) is 11.4 Å². The number of hydrogen-bond acceptors (Lipinski definition) is 4. The number of aryl methyl sites for hydroxylation is 2. The number of anilines is 1. The van der Waals surface area contributed by atoms with Crippen LogP contribution in [0.1, 0.15) is 18.1 Å². The number of para-hydroxylation sites is 2. The average molecular weight is 330 g/mol. The van der Waals surface area contributed by atoms with Crippen LogP contribution in [0.4, 0.5) is 11.4 Å². The molecule has 0 aliphatic carbocycles. The first-order chi connectivity index (χ1) is 10.9. The van der Waals surface area contributed by atoms with Gasteiger partial charge >= 0.3 is 0 Å². The zero-order chi connectivity index (χ0) is 17.0. The number of nitrogens with zero attached hydrogens (tertiary/aromatic N) is 1. The maximum atomic E-state index is 12.3. The van der Waals surface area contributed by atoms with Gasteiger partial charge in [-0.15, -0.1) is 11.8 Å². The van der Waals surface area contributed by atoms with Crippen LogP contribution in [0.3, 0.4) is 0 Å². The molecule has 2 aromatic carbocycles. The highest BCUT2D eigenvalue weighted by Gasteiger charge is 2.20. The molecule has 0 heterocycles. The predicted octanol–water partition coefficient (Wildman–Crippen LogP) is 4.33. The molecule has 0 aliphatic heterocycles. The zero-order valence-electron chi connectivity index (χ0n) is 13.2. The fraction of sp³-hybridized carbons (Fsp3) is 0.235. The lowest BCUT2D eigenvalue weighted by atomic mass is 10.2. The molecule has 2 aromatic rings. The molecule has 120 valence electrons. The first-order valence-electron chi connectivity index (χ1n) is 7.16. The molecule has 1 atom stereocenters. The molecule has 1 amide bonds.